The number of sulfonamides is 1. The van der Waals surface area contributed by atoms with Crippen LogP contribution in [0.15, 0.2) is 59.5 Å². The van der Waals surface area contributed by atoms with E-state index in [1.807, 2.05) is 23.1 Å². The normalized spacial score (nSPS) is 21.7. The van der Waals surface area contributed by atoms with E-state index in [2.05, 4.69) is 16.8 Å². The molecule has 268 valence electrons. The lowest BCUT2D eigenvalue weighted by atomic mass is 9.80. The highest BCUT2D eigenvalue weighted by atomic mass is 35.5. The highest BCUT2D eigenvalue weighted by Crippen LogP contribution is 2.55. The van der Waals surface area contributed by atoms with Gasteiger partial charge in [-0.25, -0.2) is 12.7 Å². The molecule has 2 atom stereocenters. The molecule has 0 radical (unpaired) electrons. The Kier molecular flexibility index (Phi) is 10.1. The molecule has 1 unspecified atom stereocenters. The molecule has 0 spiro atoms. The number of likely N-dealkylation sites (N-methyl/N-ethyl adjacent to an activating group) is 2. The van der Waals surface area contributed by atoms with Crippen LogP contribution in [-0.4, -0.2) is 121 Å². The van der Waals surface area contributed by atoms with E-state index >= 15 is 4.79 Å². The number of rotatable bonds is 10. The van der Waals surface area contributed by atoms with Crippen LogP contribution >= 0.6 is 11.6 Å². The van der Waals surface area contributed by atoms with Crippen molar-refractivity contribution >= 4 is 39.1 Å². The number of benzene rings is 3. The molecule has 0 saturated carbocycles. The van der Waals surface area contributed by atoms with Crippen LogP contribution in [0.25, 0.3) is 0 Å². The van der Waals surface area contributed by atoms with Crippen molar-refractivity contribution in [3.8, 4) is 17.2 Å². The molecule has 12 nitrogen and oxygen atoms in total. The average molecular weight is 726 g/mol. The molecule has 50 heavy (non-hydrogen) atoms. The van der Waals surface area contributed by atoms with Gasteiger partial charge >= 0.3 is 0 Å². The van der Waals surface area contributed by atoms with Gasteiger partial charge in [0.2, 0.25) is 5.91 Å². The van der Waals surface area contributed by atoms with Gasteiger partial charge < -0.3 is 24.0 Å². The summed E-state index contributed by atoms with van der Waals surface area (Å²) in [5.74, 6) is -0.168. The van der Waals surface area contributed by atoms with E-state index in [0.717, 1.165) is 36.0 Å². The van der Waals surface area contributed by atoms with Gasteiger partial charge in [0.25, 0.3) is 15.9 Å². The van der Waals surface area contributed by atoms with Crippen LogP contribution < -0.4 is 18.5 Å². The first-order chi connectivity index (χ1) is 23.9. The maximum absolute atomic E-state index is 15.7. The number of halogens is 1. The van der Waals surface area contributed by atoms with E-state index in [1.54, 1.807) is 32.3 Å². The predicted octanol–water partition coefficient (Wildman–Crippen LogP) is 3.64. The summed E-state index contributed by atoms with van der Waals surface area (Å²) in [6, 6.07) is 14.1. The zero-order valence-corrected chi connectivity index (χ0v) is 30.9. The summed E-state index contributed by atoms with van der Waals surface area (Å²) >= 11 is 6.70. The van der Waals surface area contributed by atoms with Gasteiger partial charge in [0.15, 0.2) is 5.54 Å². The van der Waals surface area contributed by atoms with Crippen molar-refractivity contribution in [2.75, 3.05) is 79.5 Å². The second kappa shape index (κ2) is 14.0. The molecule has 6 rings (SSSR count). The minimum Gasteiger partial charge on any atom is -0.497 e. The third kappa shape index (κ3) is 5.98. The number of fused-ring (bicyclic) bond motifs is 1. The number of carbonyl (C=O) groups excluding carboxylic acids is 2. The number of anilines is 1. The van der Waals surface area contributed by atoms with Crippen LogP contribution in [0.3, 0.4) is 0 Å². The fourth-order valence-corrected chi connectivity index (χ4v) is 9.26. The van der Waals surface area contributed by atoms with Crippen LogP contribution in [0.1, 0.15) is 29.5 Å². The molecule has 2 amide bonds. The first-order valence-corrected chi connectivity index (χ1v) is 18.4. The number of amides is 2. The number of piperazine rings is 1. The number of carbonyl (C=O) groups is 2. The van der Waals surface area contributed by atoms with Crippen LogP contribution in [0.2, 0.25) is 5.02 Å². The molecule has 0 N–H and O–H groups in total. The van der Waals surface area contributed by atoms with Crippen molar-refractivity contribution in [2.45, 2.75) is 35.9 Å². The van der Waals surface area contributed by atoms with E-state index in [4.69, 9.17) is 25.8 Å². The molecule has 3 aliphatic heterocycles. The molecule has 0 aliphatic carbocycles. The SMILES string of the molecule is COc1ccc(S(=O)(=O)N2C(=O)[C@](c3cc(CN4CCN(C)CC4)ccc3OC)(N3CCCC3C(=O)N(C)C)c3cc(Cl)ccc32)c(OC)c1. The van der Waals surface area contributed by atoms with E-state index in [1.165, 1.54) is 44.4 Å². The summed E-state index contributed by atoms with van der Waals surface area (Å²) in [5.41, 5.74) is 0.0433. The smallest absolute Gasteiger partial charge is 0.274 e. The Morgan fingerprint density at radius 2 is 1.62 bits per heavy atom. The standard InChI is InChI=1S/C36H44ClN5O7S/c1-38(2)34(43)30-8-7-15-41(30)36(28-20-24(9-13-31(28)48-5)23-40-18-16-39(3)17-19-40)27-21-25(37)10-12-29(27)42(35(36)44)50(45,46)33-14-11-26(47-4)22-32(33)49-6/h9-14,20-22,30H,7-8,15-19,23H2,1-6H3/t30?,36-/m0/s1. The number of hydrogen-bond acceptors (Lipinski definition) is 10. The lowest BCUT2D eigenvalue weighted by Crippen LogP contribution is -2.59. The van der Waals surface area contributed by atoms with E-state index in [-0.39, 0.29) is 22.2 Å². The van der Waals surface area contributed by atoms with Crippen molar-refractivity contribution in [1.82, 2.24) is 19.6 Å². The zero-order valence-electron chi connectivity index (χ0n) is 29.3. The molecule has 0 bridgehead atoms. The van der Waals surface area contributed by atoms with Crippen molar-refractivity contribution in [3.05, 3.63) is 76.3 Å². The molecule has 3 heterocycles. The molecule has 2 fully saturated rings. The molecule has 3 aliphatic rings. The molecular formula is C36H44ClN5O7S. The molecule has 3 aromatic carbocycles. The average Bonchev–Trinajstić information content (AvgIpc) is 3.69. The summed E-state index contributed by atoms with van der Waals surface area (Å²) < 4.78 is 47.4. The van der Waals surface area contributed by atoms with E-state index < -0.39 is 27.5 Å². The number of ether oxygens (including phenoxy) is 3. The fraction of sp³-hybridized carbons (Fsp3) is 0.444. The number of methoxy groups -OCH3 is 3. The molecular weight excluding hydrogens is 682 g/mol. The lowest BCUT2D eigenvalue weighted by Gasteiger charge is -2.42. The summed E-state index contributed by atoms with van der Waals surface area (Å²) in [6.07, 6.45) is 1.09. The lowest BCUT2D eigenvalue weighted by molar-refractivity contribution is -0.138. The van der Waals surface area contributed by atoms with Gasteiger partial charge in [0.05, 0.1) is 33.1 Å². The topological polar surface area (TPSA) is 112 Å². The van der Waals surface area contributed by atoms with Gasteiger partial charge in [-0.05, 0) is 67.9 Å². The van der Waals surface area contributed by atoms with E-state index in [9.17, 15) is 13.2 Å². The number of likely N-dealkylation sites (tertiary alicyclic amines) is 1. The van der Waals surface area contributed by atoms with Crippen molar-refractivity contribution < 1.29 is 32.2 Å². The van der Waals surface area contributed by atoms with Gasteiger partial charge in [-0.2, -0.15) is 0 Å². The Hall–Kier alpha value is -3.88. The Labute approximate surface area is 299 Å². The third-order valence-electron chi connectivity index (χ3n) is 10.0. The third-order valence-corrected chi connectivity index (χ3v) is 12.0. The van der Waals surface area contributed by atoms with E-state index in [0.29, 0.717) is 53.6 Å². The first kappa shape index (κ1) is 35.9. The van der Waals surface area contributed by atoms with Gasteiger partial charge in [-0.3, -0.25) is 19.4 Å². The van der Waals surface area contributed by atoms with Crippen molar-refractivity contribution in [2.24, 2.45) is 0 Å². The Balaban J connectivity index is 1.62. The summed E-state index contributed by atoms with van der Waals surface area (Å²) in [6.45, 7) is 4.57. The molecule has 14 heteroatoms. The summed E-state index contributed by atoms with van der Waals surface area (Å²) in [5, 5.41) is 0.310. The van der Waals surface area contributed by atoms with Crippen LogP contribution in [-0.2, 0) is 31.7 Å². The number of hydrogen-bond donors (Lipinski definition) is 0. The molecule has 0 aromatic heterocycles. The van der Waals surface area contributed by atoms with Crippen LogP contribution in [0.5, 0.6) is 17.2 Å². The second-order valence-corrected chi connectivity index (χ2v) is 15.4. The summed E-state index contributed by atoms with van der Waals surface area (Å²) in [7, 11) is 5.18. The largest absolute Gasteiger partial charge is 0.497 e. The Bertz CT molecular complexity index is 1900. The second-order valence-electron chi connectivity index (χ2n) is 13.2. The van der Waals surface area contributed by atoms with Crippen molar-refractivity contribution in [1.29, 1.82) is 0 Å². The summed E-state index contributed by atoms with van der Waals surface area (Å²) in [4.78, 5) is 37.3. The van der Waals surface area contributed by atoms with Gasteiger partial charge in [0.1, 0.15) is 22.1 Å². The molecule has 3 aromatic rings. The Morgan fingerprint density at radius 1 is 0.900 bits per heavy atom. The van der Waals surface area contributed by atoms with Crippen molar-refractivity contribution in [3.63, 3.8) is 0 Å². The van der Waals surface area contributed by atoms with Gasteiger partial charge in [0, 0.05) is 75.6 Å². The Morgan fingerprint density at radius 3 is 2.28 bits per heavy atom. The molecule has 2 saturated heterocycles. The highest BCUT2D eigenvalue weighted by molar-refractivity contribution is 7.93. The first-order valence-electron chi connectivity index (χ1n) is 16.6. The minimum atomic E-state index is -4.62. The monoisotopic (exact) mass is 725 g/mol. The number of nitrogens with zero attached hydrogens (tertiary/aromatic N) is 5. The van der Waals surface area contributed by atoms with Gasteiger partial charge in [-0.15, -0.1) is 0 Å². The van der Waals surface area contributed by atoms with Gasteiger partial charge in [-0.1, -0.05) is 17.7 Å². The van der Waals surface area contributed by atoms with Crippen LogP contribution in [0, 0.1) is 0 Å². The zero-order chi connectivity index (χ0) is 36.0. The maximum atomic E-state index is 15.7. The fourth-order valence-electron chi connectivity index (χ4n) is 7.49. The minimum absolute atomic E-state index is 0.0127. The predicted molar refractivity (Wildman–Crippen MR) is 191 cm³/mol. The quantitative estimate of drug-likeness (QED) is 0.307. The maximum Gasteiger partial charge on any atom is 0.274 e. The van der Waals surface area contributed by atoms with Crippen LogP contribution in [0.4, 0.5) is 5.69 Å². The highest BCUT2D eigenvalue weighted by Gasteiger charge is 2.63.